The molecule has 17 heavy (non-hydrogen) atoms. The summed E-state index contributed by atoms with van der Waals surface area (Å²) in [4.78, 5) is 1.28. The lowest BCUT2D eigenvalue weighted by Gasteiger charge is -2.13. The van der Waals surface area contributed by atoms with Gasteiger partial charge in [-0.3, -0.25) is 0 Å². The smallest absolute Gasteiger partial charge is 0.138 e. The van der Waals surface area contributed by atoms with E-state index in [1.165, 1.54) is 4.88 Å². The van der Waals surface area contributed by atoms with Crippen LogP contribution in [0.15, 0.2) is 35.7 Å². The molecule has 0 aliphatic rings. The first-order valence-corrected chi connectivity index (χ1v) is 6.67. The zero-order valence-electron chi connectivity index (χ0n) is 9.48. The molecule has 0 saturated carbocycles. The molecular formula is C13H14ClNOS. The maximum absolute atomic E-state index is 9.77. The third-order valence-corrected chi connectivity index (χ3v) is 4.00. The van der Waals surface area contributed by atoms with Gasteiger partial charge in [0.2, 0.25) is 0 Å². The van der Waals surface area contributed by atoms with Crippen molar-refractivity contribution in [3.63, 3.8) is 0 Å². The first-order chi connectivity index (χ1) is 8.18. The summed E-state index contributed by atoms with van der Waals surface area (Å²) in [5.74, 6) is 0.167. The molecule has 0 saturated heterocycles. The number of halogens is 1. The van der Waals surface area contributed by atoms with Gasteiger partial charge in [-0.1, -0.05) is 29.8 Å². The number of hydrogen-bond donors (Lipinski definition) is 2. The number of phenolic OH excluding ortho intramolecular Hbond substituents is 1. The molecule has 1 aromatic carbocycles. The van der Waals surface area contributed by atoms with Crippen molar-refractivity contribution >= 4 is 22.9 Å². The van der Waals surface area contributed by atoms with E-state index in [4.69, 9.17) is 11.6 Å². The molecule has 0 fully saturated rings. The van der Waals surface area contributed by atoms with E-state index in [1.54, 1.807) is 17.4 Å². The third-order valence-electron chi connectivity index (χ3n) is 2.64. The summed E-state index contributed by atoms with van der Waals surface area (Å²) in [6.45, 7) is 2.71. The van der Waals surface area contributed by atoms with Crippen molar-refractivity contribution in [2.24, 2.45) is 0 Å². The van der Waals surface area contributed by atoms with Crippen LogP contribution in [-0.2, 0) is 6.54 Å². The highest BCUT2D eigenvalue weighted by molar-refractivity contribution is 7.10. The van der Waals surface area contributed by atoms with Crippen molar-refractivity contribution < 1.29 is 5.11 Å². The van der Waals surface area contributed by atoms with Gasteiger partial charge in [0.15, 0.2) is 0 Å². The molecule has 0 aliphatic heterocycles. The first-order valence-electron chi connectivity index (χ1n) is 5.41. The molecule has 0 unspecified atom stereocenters. The monoisotopic (exact) mass is 267 g/mol. The molecule has 0 aliphatic carbocycles. The zero-order valence-corrected chi connectivity index (χ0v) is 11.1. The fraction of sp³-hybridized carbons (Fsp3) is 0.231. The summed E-state index contributed by atoms with van der Waals surface area (Å²) in [6.07, 6.45) is 0. The van der Waals surface area contributed by atoms with Crippen LogP contribution in [-0.4, -0.2) is 5.11 Å². The average molecular weight is 268 g/mol. The van der Waals surface area contributed by atoms with Crippen molar-refractivity contribution in [2.75, 3.05) is 0 Å². The van der Waals surface area contributed by atoms with E-state index in [2.05, 4.69) is 23.7 Å². The number of hydrogen-bond acceptors (Lipinski definition) is 3. The molecule has 0 spiro atoms. The highest BCUT2D eigenvalue weighted by atomic mass is 35.5. The van der Waals surface area contributed by atoms with E-state index < -0.39 is 0 Å². The predicted octanol–water partition coefficient (Wildman–Crippen LogP) is 3.96. The Morgan fingerprint density at radius 1 is 1.35 bits per heavy atom. The summed E-state index contributed by atoms with van der Waals surface area (Å²) >= 11 is 7.58. The number of benzene rings is 1. The van der Waals surface area contributed by atoms with Crippen LogP contribution in [0.4, 0.5) is 0 Å². The molecule has 2 rings (SSSR count). The molecule has 2 N–H and O–H groups in total. The fourth-order valence-electron chi connectivity index (χ4n) is 1.60. The Morgan fingerprint density at radius 3 is 2.88 bits per heavy atom. The fourth-order valence-corrected chi connectivity index (χ4v) is 2.56. The molecule has 1 heterocycles. The molecule has 2 nitrogen and oxygen atoms in total. The number of aromatic hydroxyl groups is 1. The molecule has 1 aromatic heterocycles. The molecule has 90 valence electrons. The minimum absolute atomic E-state index is 0.167. The number of thiophene rings is 1. The van der Waals surface area contributed by atoms with Crippen LogP contribution in [0.5, 0.6) is 5.75 Å². The number of rotatable bonds is 4. The van der Waals surface area contributed by atoms with Crippen molar-refractivity contribution in [1.82, 2.24) is 5.32 Å². The Labute approximate surface area is 110 Å². The van der Waals surface area contributed by atoms with Crippen LogP contribution in [0.2, 0.25) is 5.02 Å². The highest BCUT2D eigenvalue weighted by Gasteiger charge is 2.08. The minimum atomic E-state index is 0.167. The van der Waals surface area contributed by atoms with Gasteiger partial charge in [0, 0.05) is 23.0 Å². The van der Waals surface area contributed by atoms with E-state index in [0.29, 0.717) is 11.6 Å². The van der Waals surface area contributed by atoms with Gasteiger partial charge in [0.25, 0.3) is 0 Å². The summed E-state index contributed by atoms with van der Waals surface area (Å²) in [7, 11) is 0. The standard InChI is InChI=1S/C13H14ClNOS/c1-9(12-6-3-7-17-12)15-8-10-4-2-5-11(14)13(10)16/h2-7,9,15-16H,8H2,1H3/t9-/m0/s1. The molecule has 0 amide bonds. The molecule has 0 bridgehead atoms. The van der Waals surface area contributed by atoms with Crippen LogP contribution in [0, 0.1) is 0 Å². The second-order valence-electron chi connectivity index (χ2n) is 3.87. The molecule has 2 aromatic rings. The van der Waals surface area contributed by atoms with Crippen molar-refractivity contribution in [1.29, 1.82) is 0 Å². The zero-order chi connectivity index (χ0) is 12.3. The highest BCUT2D eigenvalue weighted by Crippen LogP contribution is 2.27. The first kappa shape index (κ1) is 12.4. The predicted molar refractivity (Wildman–Crippen MR) is 72.7 cm³/mol. The van der Waals surface area contributed by atoms with E-state index >= 15 is 0 Å². The van der Waals surface area contributed by atoms with Crippen molar-refractivity contribution in [3.05, 3.63) is 51.2 Å². The van der Waals surface area contributed by atoms with Crippen LogP contribution in [0.25, 0.3) is 0 Å². The largest absolute Gasteiger partial charge is 0.506 e. The summed E-state index contributed by atoms with van der Waals surface area (Å²) in [6, 6.07) is 9.80. The average Bonchev–Trinajstić information content (AvgIpc) is 2.84. The van der Waals surface area contributed by atoms with Gasteiger partial charge in [-0.15, -0.1) is 11.3 Å². The van der Waals surface area contributed by atoms with Gasteiger partial charge in [-0.2, -0.15) is 0 Å². The Hall–Kier alpha value is -1.03. The molecular weight excluding hydrogens is 254 g/mol. The maximum atomic E-state index is 9.77. The molecule has 1 atom stereocenters. The van der Waals surface area contributed by atoms with Gasteiger partial charge in [0.05, 0.1) is 5.02 Å². The van der Waals surface area contributed by atoms with Crippen LogP contribution in [0.3, 0.4) is 0 Å². The van der Waals surface area contributed by atoms with Crippen molar-refractivity contribution in [2.45, 2.75) is 19.5 Å². The normalized spacial score (nSPS) is 12.6. The lowest BCUT2D eigenvalue weighted by molar-refractivity contribution is 0.461. The van der Waals surface area contributed by atoms with Crippen LogP contribution in [0.1, 0.15) is 23.4 Å². The lowest BCUT2D eigenvalue weighted by atomic mass is 10.2. The Morgan fingerprint density at radius 2 is 2.18 bits per heavy atom. The second kappa shape index (κ2) is 5.54. The number of nitrogens with one attached hydrogen (secondary N) is 1. The minimum Gasteiger partial charge on any atom is -0.506 e. The lowest BCUT2D eigenvalue weighted by Crippen LogP contribution is -2.17. The Bertz CT molecular complexity index is 484. The SMILES string of the molecule is C[C@H](NCc1cccc(Cl)c1O)c1cccs1. The van der Waals surface area contributed by atoms with E-state index in [1.807, 2.05) is 18.2 Å². The Balaban J connectivity index is 2.00. The van der Waals surface area contributed by atoms with Gasteiger partial charge < -0.3 is 10.4 Å². The molecule has 4 heteroatoms. The quantitative estimate of drug-likeness (QED) is 0.879. The van der Waals surface area contributed by atoms with Crippen LogP contribution >= 0.6 is 22.9 Å². The van der Waals surface area contributed by atoms with Crippen LogP contribution < -0.4 is 5.32 Å². The van der Waals surface area contributed by atoms with Crippen molar-refractivity contribution in [3.8, 4) is 5.75 Å². The molecule has 0 radical (unpaired) electrons. The van der Waals surface area contributed by atoms with Gasteiger partial charge in [-0.25, -0.2) is 0 Å². The number of phenols is 1. The third kappa shape index (κ3) is 3.00. The topological polar surface area (TPSA) is 32.3 Å². The maximum Gasteiger partial charge on any atom is 0.138 e. The van der Waals surface area contributed by atoms with E-state index in [9.17, 15) is 5.11 Å². The van der Waals surface area contributed by atoms with E-state index in [0.717, 1.165) is 5.56 Å². The Kier molecular flexibility index (Phi) is 4.05. The van der Waals surface area contributed by atoms with E-state index in [-0.39, 0.29) is 11.8 Å². The van der Waals surface area contributed by atoms with Gasteiger partial charge in [-0.05, 0) is 24.4 Å². The summed E-state index contributed by atoms with van der Waals surface area (Å²) in [5, 5.41) is 15.6. The summed E-state index contributed by atoms with van der Waals surface area (Å²) < 4.78 is 0. The number of para-hydroxylation sites is 1. The second-order valence-corrected chi connectivity index (χ2v) is 5.25. The summed E-state index contributed by atoms with van der Waals surface area (Å²) in [5.41, 5.74) is 0.820. The van der Waals surface area contributed by atoms with Gasteiger partial charge in [0.1, 0.15) is 5.75 Å². The van der Waals surface area contributed by atoms with Gasteiger partial charge >= 0.3 is 0 Å².